The van der Waals surface area contributed by atoms with Crippen LogP contribution in [0.15, 0.2) is 23.1 Å². The van der Waals surface area contributed by atoms with Crippen molar-refractivity contribution in [2.45, 2.75) is 6.42 Å². The average molecular weight is 188 g/mol. The monoisotopic (exact) mass is 188 g/mol. The minimum atomic E-state index is -1.84. The Morgan fingerprint density at radius 1 is 1.83 bits per heavy atom. The summed E-state index contributed by atoms with van der Waals surface area (Å²) in [7, 11) is 1.65. The molecule has 1 N–H and O–H groups in total. The van der Waals surface area contributed by atoms with Crippen LogP contribution in [0.2, 0.25) is 0 Å². The normalized spacial score (nSPS) is 25.2. The molecule has 4 heteroatoms. The van der Waals surface area contributed by atoms with E-state index in [0.29, 0.717) is 17.4 Å². The Kier molecular flexibility index (Phi) is 3.65. The van der Waals surface area contributed by atoms with Gasteiger partial charge in [0, 0.05) is 13.0 Å². The van der Waals surface area contributed by atoms with Gasteiger partial charge in [-0.1, -0.05) is 12.2 Å². The fourth-order valence-electron chi connectivity index (χ4n) is 1.11. The maximum atomic E-state index is 10.6. The summed E-state index contributed by atoms with van der Waals surface area (Å²) < 4.78 is 24.3. The second-order valence-electron chi connectivity index (χ2n) is 2.67. The van der Waals surface area contributed by atoms with Crippen LogP contribution < -0.4 is 0 Å². The molecule has 0 bridgehead atoms. The summed E-state index contributed by atoms with van der Waals surface area (Å²) in [6, 6.07) is 0. The van der Waals surface area contributed by atoms with Crippen molar-refractivity contribution < 1.29 is 13.5 Å². The molecule has 3 nitrogen and oxygen atoms in total. The van der Waals surface area contributed by atoms with Crippen molar-refractivity contribution in [3.63, 3.8) is 0 Å². The van der Waals surface area contributed by atoms with Gasteiger partial charge in [0.25, 0.3) is 0 Å². The minimum absolute atomic E-state index is 0.349. The second-order valence-corrected chi connectivity index (χ2v) is 3.64. The third-order valence-corrected chi connectivity index (χ3v) is 2.44. The molecule has 1 aliphatic carbocycles. The zero-order valence-corrected chi connectivity index (χ0v) is 7.71. The summed E-state index contributed by atoms with van der Waals surface area (Å²) in [5, 5.41) is 0. The van der Waals surface area contributed by atoms with Gasteiger partial charge in [0.05, 0.1) is 11.5 Å². The number of hydrogen-bond acceptors (Lipinski definition) is 2. The number of ether oxygens (including phenoxy) is 1. The van der Waals surface area contributed by atoms with Crippen LogP contribution in [0, 0.1) is 5.92 Å². The van der Waals surface area contributed by atoms with E-state index >= 15 is 0 Å². The number of allylic oxidation sites excluding steroid dienone is 2. The van der Waals surface area contributed by atoms with E-state index in [1.54, 1.807) is 19.3 Å². The first-order valence-electron chi connectivity index (χ1n) is 3.72. The first-order chi connectivity index (χ1) is 5.74. The van der Waals surface area contributed by atoms with Gasteiger partial charge in [0.15, 0.2) is 11.1 Å². The van der Waals surface area contributed by atoms with Crippen molar-refractivity contribution in [1.29, 1.82) is 0 Å². The van der Waals surface area contributed by atoms with Crippen LogP contribution in [-0.2, 0) is 15.8 Å². The fraction of sp³-hybridized carbons (Fsp3) is 0.500. The van der Waals surface area contributed by atoms with E-state index in [4.69, 9.17) is 9.29 Å². The maximum absolute atomic E-state index is 10.6. The number of rotatable bonds is 3. The van der Waals surface area contributed by atoms with Crippen molar-refractivity contribution >= 4 is 11.1 Å². The van der Waals surface area contributed by atoms with Crippen LogP contribution in [-0.4, -0.2) is 22.5 Å². The van der Waals surface area contributed by atoms with Gasteiger partial charge in [-0.2, -0.15) is 0 Å². The number of methoxy groups -OCH3 is 1. The molecular weight excluding hydrogens is 176 g/mol. The standard InChI is InChI=1S/C8H12O3S/c1-11-6-7-2-4-8(5-3-7)12(9)10/h2,4-5,7H,3,6H2,1H3,(H,9,10). The Labute approximate surface area is 74.4 Å². The number of hydrogen-bond donors (Lipinski definition) is 1. The van der Waals surface area contributed by atoms with E-state index in [0.717, 1.165) is 6.42 Å². The lowest BCUT2D eigenvalue weighted by molar-refractivity contribution is 0.170. The molecule has 0 spiro atoms. The summed E-state index contributed by atoms with van der Waals surface area (Å²) in [6.07, 6.45) is 6.15. The van der Waals surface area contributed by atoms with Crippen LogP contribution in [0.1, 0.15) is 6.42 Å². The van der Waals surface area contributed by atoms with Crippen LogP contribution >= 0.6 is 0 Å². The summed E-state index contributed by atoms with van der Waals surface area (Å²) >= 11 is -1.84. The van der Waals surface area contributed by atoms with Crippen LogP contribution in [0.25, 0.3) is 0 Å². The van der Waals surface area contributed by atoms with E-state index in [9.17, 15) is 4.21 Å². The van der Waals surface area contributed by atoms with Gasteiger partial charge >= 0.3 is 0 Å². The molecule has 0 aliphatic heterocycles. The average Bonchev–Trinajstić information content (AvgIpc) is 2.06. The van der Waals surface area contributed by atoms with Crippen molar-refractivity contribution in [1.82, 2.24) is 0 Å². The molecule has 1 rings (SSSR count). The van der Waals surface area contributed by atoms with Crippen LogP contribution in [0.5, 0.6) is 0 Å². The smallest absolute Gasteiger partial charge is 0.186 e. The predicted octanol–water partition coefficient (Wildman–Crippen LogP) is 1.31. The summed E-state index contributed by atoms with van der Waals surface area (Å²) in [4.78, 5) is 0.488. The Hall–Kier alpha value is -0.450. The molecule has 0 fully saturated rings. The molecule has 0 aromatic rings. The third-order valence-electron chi connectivity index (χ3n) is 1.74. The SMILES string of the molecule is COCC1C=CC(S(=O)O)=CC1. The van der Waals surface area contributed by atoms with Gasteiger partial charge in [-0.05, 0) is 12.5 Å². The molecule has 0 saturated heterocycles. The lowest BCUT2D eigenvalue weighted by Gasteiger charge is -2.12. The third kappa shape index (κ3) is 2.55. The highest BCUT2D eigenvalue weighted by atomic mass is 32.2. The zero-order chi connectivity index (χ0) is 8.97. The molecule has 2 atom stereocenters. The molecular formula is C8H12O3S. The van der Waals surface area contributed by atoms with Crippen LogP contribution in [0.3, 0.4) is 0 Å². The van der Waals surface area contributed by atoms with Gasteiger partial charge < -0.3 is 9.29 Å². The van der Waals surface area contributed by atoms with Gasteiger partial charge in [-0.15, -0.1) is 0 Å². The molecule has 1 aliphatic rings. The molecule has 0 radical (unpaired) electrons. The van der Waals surface area contributed by atoms with Gasteiger partial charge in [0.2, 0.25) is 0 Å². The molecule has 0 amide bonds. The highest BCUT2D eigenvalue weighted by Crippen LogP contribution is 2.17. The van der Waals surface area contributed by atoms with Crippen molar-refractivity contribution in [2.75, 3.05) is 13.7 Å². The quantitative estimate of drug-likeness (QED) is 0.679. The Morgan fingerprint density at radius 2 is 2.58 bits per heavy atom. The summed E-state index contributed by atoms with van der Waals surface area (Å²) in [6.45, 7) is 0.665. The lowest BCUT2D eigenvalue weighted by Crippen LogP contribution is -2.08. The minimum Gasteiger partial charge on any atom is -0.384 e. The summed E-state index contributed by atoms with van der Waals surface area (Å²) in [5.41, 5.74) is 0. The highest BCUT2D eigenvalue weighted by Gasteiger charge is 2.10. The van der Waals surface area contributed by atoms with Crippen molar-refractivity contribution in [3.05, 3.63) is 23.1 Å². The molecule has 0 aromatic carbocycles. The maximum Gasteiger partial charge on any atom is 0.186 e. The van der Waals surface area contributed by atoms with E-state index < -0.39 is 11.1 Å². The van der Waals surface area contributed by atoms with Crippen LogP contribution in [0.4, 0.5) is 0 Å². The zero-order valence-electron chi connectivity index (χ0n) is 6.90. The van der Waals surface area contributed by atoms with Gasteiger partial charge in [-0.25, -0.2) is 4.21 Å². The molecule has 12 heavy (non-hydrogen) atoms. The van der Waals surface area contributed by atoms with E-state index in [2.05, 4.69) is 0 Å². The molecule has 0 heterocycles. The first-order valence-corrected chi connectivity index (χ1v) is 4.83. The second kappa shape index (κ2) is 4.54. The predicted molar refractivity (Wildman–Crippen MR) is 48.0 cm³/mol. The van der Waals surface area contributed by atoms with E-state index in [1.165, 1.54) is 0 Å². The largest absolute Gasteiger partial charge is 0.384 e. The lowest BCUT2D eigenvalue weighted by atomic mass is 10.0. The van der Waals surface area contributed by atoms with Crippen molar-refractivity contribution in [2.24, 2.45) is 5.92 Å². The Bertz CT molecular complexity index is 232. The molecule has 0 aromatic heterocycles. The molecule has 2 unspecified atom stereocenters. The molecule has 0 saturated carbocycles. The van der Waals surface area contributed by atoms with E-state index in [-0.39, 0.29) is 0 Å². The van der Waals surface area contributed by atoms with Gasteiger partial charge in [0.1, 0.15) is 0 Å². The van der Waals surface area contributed by atoms with E-state index in [1.807, 2.05) is 6.08 Å². The Balaban J connectivity index is 2.49. The topological polar surface area (TPSA) is 46.5 Å². The summed E-state index contributed by atoms with van der Waals surface area (Å²) in [5.74, 6) is 0.349. The van der Waals surface area contributed by atoms with Gasteiger partial charge in [-0.3, -0.25) is 0 Å². The highest BCUT2D eigenvalue weighted by molar-refractivity contribution is 7.83. The first kappa shape index (κ1) is 9.64. The fourth-order valence-corrected chi connectivity index (χ4v) is 1.55. The Morgan fingerprint density at radius 3 is 3.00 bits per heavy atom. The van der Waals surface area contributed by atoms with Crippen molar-refractivity contribution in [3.8, 4) is 0 Å². The molecule has 68 valence electrons.